The van der Waals surface area contributed by atoms with Crippen molar-refractivity contribution in [2.45, 2.75) is 63.5 Å². The first-order valence-corrected chi connectivity index (χ1v) is 17.8. The van der Waals surface area contributed by atoms with Crippen LogP contribution in [0.2, 0.25) is 25.7 Å². The van der Waals surface area contributed by atoms with Crippen LogP contribution in [0.25, 0.3) is 11.1 Å². The Bertz CT molecular complexity index is 1320. The van der Waals surface area contributed by atoms with Crippen molar-refractivity contribution < 1.29 is 23.9 Å². The Kier molecular flexibility index (Phi) is 9.98. The number of aromatic nitrogens is 2. The van der Waals surface area contributed by atoms with Crippen LogP contribution in [0, 0.1) is 0 Å². The van der Waals surface area contributed by atoms with E-state index in [4.69, 9.17) is 9.47 Å². The highest BCUT2D eigenvalue weighted by atomic mass is 28.3. The molecule has 1 unspecified atom stereocenters. The van der Waals surface area contributed by atoms with Crippen molar-refractivity contribution in [3.05, 3.63) is 77.9 Å². The van der Waals surface area contributed by atoms with Gasteiger partial charge in [0.1, 0.15) is 12.6 Å². The van der Waals surface area contributed by atoms with Gasteiger partial charge in [0.25, 0.3) is 0 Å². The van der Waals surface area contributed by atoms with Gasteiger partial charge >= 0.3 is 12.1 Å². The van der Waals surface area contributed by atoms with Crippen molar-refractivity contribution in [3.8, 4) is 11.1 Å². The summed E-state index contributed by atoms with van der Waals surface area (Å²) in [6.07, 6.45) is 4.41. The predicted octanol–water partition coefficient (Wildman–Crippen LogP) is 4.74. The van der Waals surface area contributed by atoms with E-state index in [0.717, 1.165) is 6.04 Å². The van der Waals surface area contributed by atoms with Crippen LogP contribution in [-0.2, 0) is 32.0 Å². The standard InChI is InChI=1S/C31H40N4O5Si/c1-39-30(37)28(34-29(36)14-17-41(2,3)4)18-22-19-35(21-33-22)16-9-15-32-31(38)40-20-27-25-12-7-5-10-23(25)24-11-6-8-13-26(24)27/h5-8,10-13,19,21,27-28H,9,14-18,20H2,1-4H3,(H,32,38)(H,34,36). The summed E-state index contributed by atoms with van der Waals surface area (Å²) in [5.41, 5.74) is 5.42. The van der Waals surface area contributed by atoms with E-state index in [2.05, 4.69) is 59.5 Å². The lowest BCUT2D eigenvalue weighted by Gasteiger charge is -2.18. The number of alkyl carbamates (subject to hydrolysis) is 1. The van der Waals surface area contributed by atoms with Crippen molar-refractivity contribution in [1.29, 1.82) is 0 Å². The number of imidazole rings is 1. The highest BCUT2D eigenvalue weighted by molar-refractivity contribution is 6.76. The minimum Gasteiger partial charge on any atom is -0.467 e. The van der Waals surface area contributed by atoms with E-state index in [0.29, 0.717) is 31.6 Å². The maximum Gasteiger partial charge on any atom is 0.407 e. The minimum absolute atomic E-state index is 0.0245. The number of ether oxygens (including phenoxy) is 2. The van der Waals surface area contributed by atoms with Crippen LogP contribution in [0.4, 0.5) is 4.79 Å². The van der Waals surface area contributed by atoms with Crippen LogP contribution in [0.5, 0.6) is 0 Å². The van der Waals surface area contributed by atoms with E-state index in [1.807, 2.05) is 35.0 Å². The smallest absolute Gasteiger partial charge is 0.407 e. The van der Waals surface area contributed by atoms with Gasteiger partial charge in [-0.1, -0.05) is 68.2 Å². The number of hydrogen-bond donors (Lipinski definition) is 2. The molecule has 2 N–H and O–H groups in total. The van der Waals surface area contributed by atoms with E-state index in [1.165, 1.54) is 29.4 Å². The number of amides is 2. The number of rotatable bonds is 13. The Morgan fingerprint density at radius 1 is 1.02 bits per heavy atom. The summed E-state index contributed by atoms with van der Waals surface area (Å²) >= 11 is 0. The molecule has 1 atom stereocenters. The first-order chi connectivity index (χ1) is 19.6. The molecule has 0 spiro atoms. The van der Waals surface area contributed by atoms with Crippen molar-refractivity contribution >= 4 is 26.0 Å². The van der Waals surface area contributed by atoms with Gasteiger partial charge in [-0.15, -0.1) is 0 Å². The zero-order valence-corrected chi connectivity index (χ0v) is 25.3. The Hall–Kier alpha value is -3.92. The lowest BCUT2D eigenvalue weighted by molar-refractivity contribution is -0.145. The predicted molar refractivity (Wildman–Crippen MR) is 160 cm³/mol. The molecule has 2 amide bonds. The van der Waals surface area contributed by atoms with Gasteiger partial charge in [0.2, 0.25) is 5.91 Å². The lowest BCUT2D eigenvalue weighted by Crippen LogP contribution is -2.43. The largest absolute Gasteiger partial charge is 0.467 e. The molecule has 3 aromatic rings. The number of aryl methyl sites for hydroxylation is 1. The summed E-state index contributed by atoms with van der Waals surface area (Å²) in [7, 11) is -0.0529. The van der Waals surface area contributed by atoms with Crippen LogP contribution in [0.15, 0.2) is 61.1 Å². The van der Waals surface area contributed by atoms with Crippen LogP contribution >= 0.6 is 0 Å². The molecule has 10 heteroatoms. The summed E-state index contributed by atoms with van der Waals surface area (Å²) < 4.78 is 12.4. The highest BCUT2D eigenvalue weighted by Crippen LogP contribution is 2.44. The number of esters is 1. The Balaban J connectivity index is 1.20. The van der Waals surface area contributed by atoms with Crippen molar-refractivity contribution in [3.63, 3.8) is 0 Å². The number of carbonyl (C=O) groups is 3. The number of hydrogen-bond acceptors (Lipinski definition) is 6. The zero-order chi connectivity index (χ0) is 29.4. The Morgan fingerprint density at radius 3 is 2.32 bits per heavy atom. The van der Waals surface area contributed by atoms with Crippen molar-refractivity contribution in [2.75, 3.05) is 20.3 Å². The number of carbonyl (C=O) groups excluding carboxylic acids is 3. The van der Waals surface area contributed by atoms with Crippen LogP contribution in [0.3, 0.4) is 0 Å². The quantitative estimate of drug-likeness (QED) is 0.173. The second kappa shape index (κ2) is 13.6. The fourth-order valence-electron chi connectivity index (χ4n) is 5.04. The molecule has 1 aliphatic rings. The molecular weight excluding hydrogens is 536 g/mol. The molecule has 0 saturated heterocycles. The third-order valence-corrected chi connectivity index (χ3v) is 8.98. The molecular formula is C31H40N4O5Si. The van der Waals surface area contributed by atoms with E-state index < -0.39 is 26.2 Å². The van der Waals surface area contributed by atoms with Gasteiger partial charge in [0.15, 0.2) is 0 Å². The Labute approximate surface area is 242 Å². The van der Waals surface area contributed by atoms with E-state index in [-0.39, 0.29) is 24.9 Å². The molecule has 218 valence electrons. The van der Waals surface area contributed by atoms with Gasteiger partial charge in [0.05, 0.1) is 19.1 Å². The van der Waals surface area contributed by atoms with Crippen LogP contribution in [0.1, 0.15) is 35.6 Å². The molecule has 1 aromatic heterocycles. The normalized spacial score (nSPS) is 13.2. The average Bonchev–Trinajstić information content (AvgIpc) is 3.54. The molecule has 0 bridgehead atoms. The number of nitrogens with zero attached hydrogens (tertiary/aromatic N) is 2. The second-order valence-electron chi connectivity index (χ2n) is 11.6. The van der Waals surface area contributed by atoms with Crippen LogP contribution < -0.4 is 10.6 Å². The van der Waals surface area contributed by atoms with Crippen molar-refractivity contribution in [1.82, 2.24) is 20.2 Å². The molecule has 0 saturated carbocycles. The molecule has 41 heavy (non-hydrogen) atoms. The molecule has 4 rings (SSSR count). The van der Waals surface area contributed by atoms with E-state index in [9.17, 15) is 14.4 Å². The third kappa shape index (κ3) is 8.29. The molecule has 2 aromatic carbocycles. The number of nitrogens with one attached hydrogen (secondary N) is 2. The second-order valence-corrected chi connectivity index (χ2v) is 17.2. The molecule has 1 heterocycles. The maximum absolute atomic E-state index is 12.4. The summed E-state index contributed by atoms with van der Waals surface area (Å²) in [5, 5.41) is 5.63. The summed E-state index contributed by atoms with van der Waals surface area (Å²) in [6.45, 7) is 7.97. The number of methoxy groups -OCH3 is 1. The third-order valence-electron chi connectivity index (χ3n) is 7.23. The zero-order valence-electron chi connectivity index (χ0n) is 24.3. The number of fused-ring (bicyclic) bond motifs is 3. The fraction of sp³-hybridized carbons (Fsp3) is 0.419. The topological polar surface area (TPSA) is 112 Å². The fourth-order valence-corrected chi connectivity index (χ4v) is 6.01. The lowest BCUT2D eigenvalue weighted by atomic mass is 9.98. The van der Waals surface area contributed by atoms with Gasteiger partial charge in [-0.25, -0.2) is 14.6 Å². The Morgan fingerprint density at radius 2 is 1.68 bits per heavy atom. The molecule has 9 nitrogen and oxygen atoms in total. The minimum atomic E-state index is -1.36. The summed E-state index contributed by atoms with van der Waals surface area (Å²) in [5.74, 6) is -0.619. The number of benzene rings is 2. The SMILES string of the molecule is COC(=O)C(Cc1cn(CCCNC(=O)OCC2c3ccccc3-c3ccccc32)cn1)NC(=O)CC[Si](C)(C)C. The van der Waals surface area contributed by atoms with Gasteiger partial charge in [-0.05, 0) is 34.7 Å². The van der Waals surface area contributed by atoms with Gasteiger partial charge in [0, 0.05) is 46.1 Å². The first-order valence-electron chi connectivity index (χ1n) is 14.1. The monoisotopic (exact) mass is 576 g/mol. The first kappa shape index (κ1) is 30.0. The van der Waals surface area contributed by atoms with E-state index >= 15 is 0 Å². The van der Waals surface area contributed by atoms with Gasteiger partial charge < -0.3 is 24.7 Å². The molecule has 0 fully saturated rings. The highest BCUT2D eigenvalue weighted by Gasteiger charge is 2.29. The molecule has 0 aliphatic heterocycles. The van der Waals surface area contributed by atoms with Crippen LogP contribution in [-0.4, -0.2) is 61.9 Å². The maximum atomic E-state index is 12.4. The summed E-state index contributed by atoms with van der Waals surface area (Å²) in [4.78, 5) is 41.5. The van der Waals surface area contributed by atoms with Crippen molar-refractivity contribution in [2.24, 2.45) is 0 Å². The molecule has 1 aliphatic carbocycles. The van der Waals surface area contributed by atoms with Gasteiger partial charge in [-0.2, -0.15) is 0 Å². The average molecular weight is 577 g/mol. The van der Waals surface area contributed by atoms with Gasteiger partial charge in [-0.3, -0.25) is 4.79 Å². The summed E-state index contributed by atoms with van der Waals surface area (Å²) in [6, 6.07) is 16.6. The molecule has 0 radical (unpaired) electrons. The van der Waals surface area contributed by atoms with E-state index in [1.54, 1.807) is 6.33 Å².